The fourth-order valence-electron chi connectivity index (χ4n) is 7.49. The third-order valence-electron chi connectivity index (χ3n) is 8.80. The largest absolute Gasteiger partial charge is 0.386 e. The molecular formula is C23H28O3. The molecule has 1 N–H and O–H groups in total. The third kappa shape index (κ3) is 1.69. The minimum atomic E-state index is -0.893. The third-order valence-corrected chi connectivity index (χ3v) is 8.80. The molecule has 5 aliphatic rings. The van der Waals surface area contributed by atoms with Crippen LogP contribution in [0.25, 0.3) is 0 Å². The Morgan fingerprint density at radius 2 is 1.96 bits per heavy atom. The summed E-state index contributed by atoms with van der Waals surface area (Å²) < 4.78 is 0. The van der Waals surface area contributed by atoms with E-state index in [-0.39, 0.29) is 22.4 Å². The summed E-state index contributed by atoms with van der Waals surface area (Å²) in [5.74, 6) is 0.806. The predicted molar refractivity (Wildman–Crippen MR) is 99.3 cm³/mol. The highest BCUT2D eigenvalue weighted by Crippen LogP contribution is 2.77. The molecule has 1 unspecified atom stereocenters. The fourth-order valence-corrected chi connectivity index (χ4v) is 7.49. The standard InChI is InChI=1S/C23H28O3/c1-14(24)20(26)23-11-9-22(10-12-23)19-6-3-15-13-16(25)4-5-17(15)18(19)7-8-21(22,23)2/h9,11,13-14,19,24H,3-8,10,12H2,1-2H3/t14-,19?,21-,22+,23-/m0/s1. The molecule has 0 radical (unpaired) electrons. The van der Waals surface area contributed by atoms with Gasteiger partial charge in [-0.2, -0.15) is 0 Å². The number of aliphatic hydroxyl groups excluding tert-OH is 1. The molecule has 2 fully saturated rings. The van der Waals surface area contributed by atoms with Gasteiger partial charge in [0.25, 0.3) is 0 Å². The number of ketones is 2. The molecule has 26 heavy (non-hydrogen) atoms. The first-order chi connectivity index (χ1) is 12.3. The zero-order valence-corrected chi connectivity index (χ0v) is 15.8. The van der Waals surface area contributed by atoms with Gasteiger partial charge in [0, 0.05) is 11.8 Å². The van der Waals surface area contributed by atoms with Crippen LogP contribution in [0.2, 0.25) is 0 Å². The summed E-state index contributed by atoms with van der Waals surface area (Å²) in [7, 11) is 0. The Balaban J connectivity index is 1.62. The minimum Gasteiger partial charge on any atom is -0.386 e. The van der Waals surface area contributed by atoms with E-state index in [0.717, 1.165) is 44.9 Å². The van der Waals surface area contributed by atoms with Gasteiger partial charge in [-0.25, -0.2) is 0 Å². The number of carbonyl (C=O) groups excluding carboxylic acids is 2. The summed E-state index contributed by atoms with van der Waals surface area (Å²) in [5, 5.41) is 10.1. The van der Waals surface area contributed by atoms with Crippen molar-refractivity contribution < 1.29 is 14.7 Å². The number of carbonyl (C=O) groups is 2. The van der Waals surface area contributed by atoms with Gasteiger partial charge in [0.1, 0.15) is 6.10 Å². The Morgan fingerprint density at radius 1 is 1.15 bits per heavy atom. The Morgan fingerprint density at radius 3 is 2.65 bits per heavy atom. The Kier molecular flexibility index (Phi) is 3.25. The first kappa shape index (κ1) is 16.7. The molecule has 0 amide bonds. The van der Waals surface area contributed by atoms with E-state index in [9.17, 15) is 14.7 Å². The smallest absolute Gasteiger partial charge is 0.171 e. The lowest BCUT2D eigenvalue weighted by Crippen LogP contribution is -2.52. The molecule has 0 heterocycles. The van der Waals surface area contributed by atoms with Crippen LogP contribution in [0.15, 0.2) is 34.9 Å². The summed E-state index contributed by atoms with van der Waals surface area (Å²) in [6.45, 7) is 3.94. The van der Waals surface area contributed by atoms with Crippen molar-refractivity contribution in [2.24, 2.45) is 22.2 Å². The van der Waals surface area contributed by atoms with E-state index in [0.29, 0.717) is 12.3 Å². The van der Waals surface area contributed by atoms with Crippen molar-refractivity contribution in [2.75, 3.05) is 0 Å². The average Bonchev–Trinajstić information content (AvgIpc) is 3.05. The monoisotopic (exact) mass is 352 g/mol. The van der Waals surface area contributed by atoms with E-state index < -0.39 is 11.5 Å². The SMILES string of the molecule is C[C@H](O)C(=O)[C@]12C=C[C@@]3(CC1)C1CCC4=CC(=O)CCC4=C1CC[C@]23C. The topological polar surface area (TPSA) is 54.4 Å². The summed E-state index contributed by atoms with van der Waals surface area (Å²) >= 11 is 0. The Labute approximate surface area is 155 Å². The van der Waals surface area contributed by atoms with Gasteiger partial charge in [0.15, 0.2) is 11.6 Å². The van der Waals surface area contributed by atoms with E-state index in [2.05, 4.69) is 19.1 Å². The molecular weight excluding hydrogens is 324 g/mol. The molecule has 0 aliphatic heterocycles. The van der Waals surface area contributed by atoms with Crippen molar-refractivity contribution in [1.29, 1.82) is 0 Å². The molecule has 138 valence electrons. The molecule has 5 atom stereocenters. The molecule has 2 saturated carbocycles. The maximum atomic E-state index is 13.0. The maximum Gasteiger partial charge on any atom is 0.171 e. The molecule has 2 bridgehead atoms. The summed E-state index contributed by atoms with van der Waals surface area (Å²) in [6, 6.07) is 0. The molecule has 5 aliphatic carbocycles. The Hall–Kier alpha value is -1.48. The van der Waals surface area contributed by atoms with Crippen molar-refractivity contribution >= 4 is 11.6 Å². The van der Waals surface area contributed by atoms with Crippen LogP contribution in [0.3, 0.4) is 0 Å². The molecule has 0 aromatic heterocycles. The predicted octanol–water partition coefficient (Wildman–Crippen LogP) is 4.07. The first-order valence-electron chi connectivity index (χ1n) is 10.2. The number of fused-ring (bicyclic) bond motifs is 2. The van der Waals surface area contributed by atoms with Gasteiger partial charge in [-0.05, 0) is 80.4 Å². The lowest BCUT2D eigenvalue weighted by atomic mass is 9.47. The summed E-state index contributed by atoms with van der Waals surface area (Å²) in [4.78, 5) is 24.9. The van der Waals surface area contributed by atoms with Gasteiger partial charge < -0.3 is 5.11 Å². The average molecular weight is 352 g/mol. The van der Waals surface area contributed by atoms with Crippen LogP contribution in [0.4, 0.5) is 0 Å². The number of hydrogen-bond acceptors (Lipinski definition) is 3. The van der Waals surface area contributed by atoms with Crippen LogP contribution in [-0.2, 0) is 9.59 Å². The molecule has 5 rings (SSSR count). The van der Waals surface area contributed by atoms with Crippen LogP contribution in [0, 0.1) is 22.2 Å². The maximum absolute atomic E-state index is 13.0. The number of Topliss-reactive ketones (excluding diaryl/α,β-unsaturated/α-hetero) is 1. The molecule has 3 heteroatoms. The van der Waals surface area contributed by atoms with Crippen LogP contribution in [0.5, 0.6) is 0 Å². The van der Waals surface area contributed by atoms with Crippen molar-refractivity contribution in [2.45, 2.75) is 71.3 Å². The van der Waals surface area contributed by atoms with E-state index in [1.165, 1.54) is 11.1 Å². The molecule has 0 aromatic rings. The summed E-state index contributed by atoms with van der Waals surface area (Å²) in [5.41, 5.74) is 3.85. The lowest BCUT2D eigenvalue weighted by molar-refractivity contribution is -0.141. The zero-order chi connectivity index (χ0) is 18.3. The van der Waals surface area contributed by atoms with Gasteiger partial charge in [-0.3, -0.25) is 9.59 Å². The highest BCUT2D eigenvalue weighted by atomic mass is 16.3. The van der Waals surface area contributed by atoms with E-state index >= 15 is 0 Å². The van der Waals surface area contributed by atoms with E-state index in [1.54, 1.807) is 12.5 Å². The lowest BCUT2D eigenvalue weighted by Gasteiger charge is -2.55. The van der Waals surface area contributed by atoms with Gasteiger partial charge in [-0.1, -0.05) is 24.6 Å². The Bertz CT molecular complexity index is 813. The van der Waals surface area contributed by atoms with Crippen LogP contribution in [-0.4, -0.2) is 22.8 Å². The zero-order valence-electron chi connectivity index (χ0n) is 15.8. The highest BCUT2D eigenvalue weighted by Gasteiger charge is 2.72. The second-order valence-electron chi connectivity index (χ2n) is 9.45. The van der Waals surface area contributed by atoms with Gasteiger partial charge in [0.2, 0.25) is 0 Å². The quantitative estimate of drug-likeness (QED) is 0.762. The number of hydrogen-bond donors (Lipinski definition) is 1. The molecule has 0 aromatic carbocycles. The van der Waals surface area contributed by atoms with E-state index in [1.807, 2.05) is 6.08 Å². The van der Waals surface area contributed by atoms with Crippen LogP contribution in [0.1, 0.15) is 65.2 Å². The number of aliphatic hydroxyl groups is 1. The first-order valence-corrected chi connectivity index (χ1v) is 10.2. The van der Waals surface area contributed by atoms with Gasteiger partial charge >= 0.3 is 0 Å². The van der Waals surface area contributed by atoms with Gasteiger partial charge in [0.05, 0.1) is 5.41 Å². The fraction of sp³-hybridized carbons (Fsp3) is 0.652. The summed E-state index contributed by atoms with van der Waals surface area (Å²) in [6.07, 6.45) is 13.2. The highest BCUT2D eigenvalue weighted by molar-refractivity contribution is 5.94. The van der Waals surface area contributed by atoms with E-state index in [4.69, 9.17) is 0 Å². The van der Waals surface area contributed by atoms with Crippen molar-refractivity contribution in [3.05, 3.63) is 34.9 Å². The van der Waals surface area contributed by atoms with Gasteiger partial charge in [-0.15, -0.1) is 0 Å². The molecule has 0 spiro atoms. The second kappa shape index (κ2) is 5.07. The van der Waals surface area contributed by atoms with Crippen molar-refractivity contribution in [3.63, 3.8) is 0 Å². The van der Waals surface area contributed by atoms with Crippen LogP contribution < -0.4 is 0 Å². The van der Waals surface area contributed by atoms with Crippen molar-refractivity contribution in [3.8, 4) is 0 Å². The van der Waals surface area contributed by atoms with Crippen LogP contribution >= 0.6 is 0 Å². The number of allylic oxidation sites excluding steroid dienone is 6. The van der Waals surface area contributed by atoms with Crippen molar-refractivity contribution in [1.82, 2.24) is 0 Å². The molecule has 0 saturated heterocycles. The normalized spacial score (nSPS) is 44.3. The second-order valence-corrected chi connectivity index (χ2v) is 9.45. The number of rotatable bonds is 2. The minimum absolute atomic E-state index is 0.0198. The molecule has 3 nitrogen and oxygen atoms in total.